The van der Waals surface area contributed by atoms with Crippen molar-refractivity contribution in [2.75, 3.05) is 6.61 Å². The van der Waals surface area contributed by atoms with Crippen molar-refractivity contribution >= 4 is 0 Å². The molecule has 0 aromatic heterocycles. The minimum Gasteiger partial charge on any atom is -0.377 e. The lowest BCUT2D eigenvalue weighted by Gasteiger charge is -2.06. The molecule has 1 aromatic carbocycles. The first-order valence-electron chi connectivity index (χ1n) is 6.54. The first-order valence-corrected chi connectivity index (χ1v) is 6.54. The molecule has 0 saturated heterocycles. The van der Waals surface area contributed by atoms with E-state index in [4.69, 9.17) is 10.00 Å². The monoisotopic (exact) mass is 249 g/mol. The summed E-state index contributed by atoms with van der Waals surface area (Å²) in [6.45, 7) is 3.08. The number of halogens is 1. The number of hydrogen-bond donors (Lipinski definition) is 0. The van der Waals surface area contributed by atoms with E-state index in [0.29, 0.717) is 17.7 Å². The van der Waals surface area contributed by atoms with Crippen molar-refractivity contribution in [3.8, 4) is 6.07 Å². The molecule has 0 heterocycles. The van der Waals surface area contributed by atoms with Gasteiger partial charge in [0.2, 0.25) is 0 Å². The Bertz CT molecular complexity index is 398. The molecule has 0 spiro atoms. The van der Waals surface area contributed by atoms with E-state index >= 15 is 0 Å². The van der Waals surface area contributed by atoms with Crippen LogP contribution in [-0.4, -0.2) is 6.61 Å². The van der Waals surface area contributed by atoms with Crippen molar-refractivity contribution in [3.05, 3.63) is 35.1 Å². The fraction of sp³-hybridized carbons (Fsp3) is 0.533. The smallest absolute Gasteiger partial charge is 0.128 e. The average molecular weight is 249 g/mol. The van der Waals surface area contributed by atoms with Gasteiger partial charge >= 0.3 is 0 Å². The number of nitrogens with zero attached hydrogens (tertiary/aromatic N) is 1. The molecule has 1 aromatic rings. The van der Waals surface area contributed by atoms with Crippen LogP contribution in [0.1, 0.15) is 50.2 Å². The summed E-state index contributed by atoms with van der Waals surface area (Å²) in [6, 6.07) is 6.34. The molecule has 3 heteroatoms. The predicted molar refractivity (Wildman–Crippen MR) is 69.5 cm³/mol. The maximum atomic E-state index is 13.4. The number of ether oxygens (including phenoxy) is 1. The van der Waals surface area contributed by atoms with E-state index in [1.807, 2.05) is 6.07 Å². The summed E-state index contributed by atoms with van der Waals surface area (Å²) >= 11 is 0. The van der Waals surface area contributed by atoms with E-state index in [1.165, 1.54) is 31.4 Å². The van der Waals surface area contributed by atoms with Gasteiger partial charge in [-0.05, 0) is 24.6 Å². The van der Waals surface area contributed by atoms with E-state index in [1.54, 1.807) is 6.07 Å². The molecule has 18 heavy (non-hydrogen) atoms. The highest BCUT2D eigenvalue weighted by molar-refractivity contribution is 5.33. The molecule has 2 nitrogen and oxygen atoms in total. The molecule has 0 radical (unpaired) electrons. The first-order chi connectivity index (χ1) is 8.77. The van der Waals surface area contributed by atoms with Crippen LogP contribution in [0.15, 0.2) is 18.2 Å². The highest BCUT2D eigenvalue weighted by Crippen LogP contribution is 2.12. The quantitative estimate of drug-likeness (QED) is 0.647. The normalized spacial score (nSPS) is 10.3. The summed E-state index contributed by atoms with van der Waals surface area (Å²) in [5.41, 5.74) is 0.931. The van der Waals surface area contributed by atoms with E-state index in [9.17, 15) is 4.39 Å². The van der Waals surface area contributed by atoms with Crippen LogP contribution in [0.25, 0.3) is 0 Å². The maximum Gasteiger partial charge on any atom is 0.128 e. The summed E-state index contributed by atoms with van der Waals surface area (Å²) < 4.78 is 18.8. The molecule has 98 valence electrons. The first kappa shape index (κ1) is 14.7. The number of rotatable bonds is 8. The van der Waals surface area contributed by atoms with Gasteiger partial charge in [-0.2, -0.15) is 5.26 Å². The molecule has 0 fully saturated rings. The molecular formula is C15H20FNO. The Balaban J connectivity index is 2.25. The van der Waals surface area contributed by atoms with Crippen LogP contribution in [0, 0.1) is 17.1 Å². The van der Waals surface area contributed by atoms with E-state index in [0.717, 1.165) is 12.8 Å². The predicted octanol–water partition coefficient (Wildman–Crippen LogP) is 4.18. The second kappa shape index (κ2) is 8.66. The molecule has 0 bridgehead atoms. The van der Waals surface area contributed by atoms with Crippen LogP contribution in [-0.2, 0) is 11.3 Å². The molecule has 0 aliphatic carbocycles. The molecule has 0 aliphatic heterocycles. The number of hydrogen-bond acceptors (Lipinski definition) is 2. The number of nitriles is 1. The molecule has 0 unspecified atom stereocenters. The molecule has 0 aliphatic rings. The van der Waals surface area contributed by atoms with Gasteiger partial charge < -0.3 is 4.74 Å². The Labute approximate surface area is 108 Å². The van der Waals surface area contributed by atoms with Gasteiger partial charge in [0.1, 0.15) is 5.82 Å². The minimum absolute atomic E-state index is 0.245. The summed E-state index contributed by atoms with van der Waals surface area (Å²) in [4.78, 5) is 0. The van der Waals surface area contributed by atoms with Crippen molar-refractivity contribution in [3.63, 3.8) is 0 Å². The zero-order valence-electron chi connectivity index (χ0n) is 10.9. The summed E-state index contributed by atoms with van der Waals surface area (Å²) in [5.74, 6) is -0.306. The molecule has 0 N–H and O–H groups in total. The SMILES string of the molecule is CCCCCCCOCc1cc(C#N)ccc1F. The fourth-order valence-electron chi connectivity index (χ4n) is 1.74. The highest BCUT2D eigenvalue weighted by Gasteiger charge is 2.03. The van der Waals surface area contributed by atoms with Gasteiger partial charge in [0.25, 0.3) is 0 Å². The summed E-state index contributed by atoms with van der Waals surface area (Å²) in [7, 11) is 0. The largest absolute Gasteiger partial charge is 0.377 e. The van der Waals surface area contributed by atoms with Crippen molar-refractivity contribution in [2.24, 2.45) is 0 Å². The standard InChI is InChI=1S/C15H20FNO/c1-2-3-4-5-6-9-18-12-14-10-13(11-17)7-8-15(14)16/h7-8,10H,2-6,9,12H2,1H3. The van der Waals surface area contributed by atoms with Gasteiger partial charge in [-0.1, -0.05) is 32.6 Å². The summed E-state index contributed by atoms with van der Waals surface area (Å²) in [5, 5.41) is 8.73. The van der Waals surface area contributed by atoms with Gasteiger partial charge in [0, 0.05) is 12.2 Å². The molecule has 0 atom stereocenters. The van der Waals surface area contributed by atoms with E-state index in [2.05, 4.69) is 6.92 Å². The van der Waals surface area contributed by atoms with Gasteiger partial charge in [-0.25, -0.2) is 4.39 Å². The Morgan fingerprint density at radius 3 is 2.72 bits per heavy atom. The molecular weight excluding hydrogens is 229 g/mol. The zero-order valence-corrected chi connectivity index (χ0v) is 10.9. The van der Waals surface area contributed by atoms with Crippen molar-refractivity contribution < 1.29 is 9.13 Å². The molecule has 0 saturated carbocycles. The Morgan fingerprint density at radius 1 is 1.22 bits per heavy atom. The topological polar surface area (TPSA) is 33.0 Å². The van der Waals surface area contributed by atoms with E-state index in [-0.39, 0.29) is 12.4 Å². The lowest BCUT2D eigenvalue weighted by molar-refractivity contribution is 0.114. The third kappa shape index (κ3) is 5.29. The number of benzene rings is 1. The fourth-order valence-corrected chi connectivity index (χ4v) is 1.74. The number of unbranched alkanes of at least 4 members (excludes halogenated alkanes) is 4. The van der Waals surface area contributed by atoms with Crippen molar-refractivity contribution in [1.29, 1.82) is 5.26 Å². The highest BCUT2D eigenvalue weighted by atomic mass is 19.1. The third-order valence-electron chi connectivity index (χ3n) is 2.82. The third-order valence-corrected chi connectivity index (χ3v) is 2.82. The average Bonchev–Trinajstić information content (AvgIpc) is 2.39. The van der Waals surface area contributed by atoms with Crippen LogP contribution in [0.2, 0.25) is 0 Å². The van der Waals surface area contributed by atoms with Crippen LogP contribution in [0.3, 0.4) is 0 Å². The lowest BCUT2D eigenvalue weighted by Crippen LogP contribution is -1.98. The molecule has 0 amide bonds. The minimum atomic E-state index is -0.306. The van der Waals surface area contributed by atoms with Crippen LogP contribution >= 0.6 is 0 Å². The van der Waals surface area contributed by atoms with E-state index < -0.39 is 0 Å². The van der Waals surface area contributed by atoms with Crippen molar-refractivity contribution in [1.82, 2.24) is 0 Å². The van der Waals surface area contributed by atoms with Gasteiger partial charge in [0.05, 0.1) is 18.2 Å². The zero-order chi connectivity index (χ0) is 13.2. The van der Waals surface area contributed by atoms with Crippen molar-refractivity contribution in [2.45, 2.75) is 45.6 Å². The Hall–Kier alpha value is -1.40. The van der Waals surface area contributed by atoms with Gasteiger partial charge in [-0.3, -0.25) is 0 Å². The Kier molecular flexibility index (Phi) is 7.05. The van der Waals surface area contributed by atoms with Crippen LogP contribution < -0.4 is 0 Å². The lowest BCUT2D eigenvalue weighted by atomic mass is 10.1. The summed E-state index contributed by atoms with van der Waals surface area (Å²) in [6.07, 6.45) is 5.90. The van der Waals surface area contributed by atoms with Gasteiger partial charge in [0.15, 0.2) is 0 Å². The second-order valence-corrected chi connectivity index (χ2v) is 4.38. The molecule has 1 rings (SSSR count). The second-order valence-electron chi connectivity index (χ2n) is 4.38. The Morgan fingerprint density at radius 2 is 2.00 bits per heavy atom. The maximum absolute atomic E-state index is 13.4. The van der Waals surface area contributed by atoms with Crippen LogP contribution in [0.4, 0.5) is 4.39 Å². The van der Waals surface area contributed by atoms with Crippen LogP contribution in [0.5, 0.6) is 0 Å². The van der Waals surface area contributed by atoms with Gasteiger partial charge in [-0.15, -0.1) is 0 Å².